The molecule has 0 aliphatic carbocycles. The van der Waals surface area contributed by atoms with Crippen molar-refractivity contribution in [2.75, 3.05) is 6.61 Å². The van der Waals surface area contributed by atoms with Crippen LogP contribution < -0.4 is 4.74 Å². The number of carbonyl (C=O) groups is 1. The van der Waals surface area contributed by atoms with Gasteiger partial charge in [0.15, 0.2) is 5.76 Å². The fourth-order valence-corrected chi connectivity index (χ4v) is 0.976. The van der Waals surface area contributed by atoms with E-state index >= 15 is 0 Å². The summed E-state index contributed by atoms with van der Waals surface area (Å²) in [6, 6.07) is 9.18. The Balaban J connectivity index is 2.29. The SMILES string of the molecule is O=C(O)C(O)=CCCOc1ccccc1. The summed E-state index contributed by atoms with van der Waals surface area (Å²) in [5.41, 5.74) is 0. The maximum Gasteiger partial charge on any atom is 0.370 e. The van der Waals surface area contributed by atoms with Crippen LogP contribution in [0, 0.1) is 0 Å². The summed E-state index contributed by atoms with van der Waals surface area (Å²) in [4.78, 5) is 10.2. The molecule has 0 spiro atoms. The number of carboxylic acid groups (broad SMARTS) is 1. The van der Waals surface area contributed by atoms with Crippen molar-refractivity contribution in [1.82, 2.24) is 0 Å². The van der Waals surface area contributed by atoms with Gasteiger partial charge in [-0.1, -0.05) is 18.2 Å². The van der Waals surface area contributed by atoms with E-state index in [9.17, 15) is 4.79 Å². The molecule has 0 saturated heterocycles. The van der Waals surface area contributed by atoms with E-state index in [-0.39, 0.29) is 0 Å². The predicted octanol–water partition coefficient (Wildman–Crippen LogP) is 1.98. The first kappa shape index (κ1) is 11.1. The molecule has 1 aromatic carbocycles. The van der Waals surface area contributed by atoms with E-state index in [2.05, 4.69) is 0 Å². The van der Waals surface area contributed by atoms with Gasteiger partial charge in [0.2, 0.25) is 0 Å². The smallest absolute Gasteiger partial charge is 0.370 e. The molecule has 0 aromatic heterocycles. The summed E-state index contributed by atoms with van der Waals surface area (Å²) in [5, 5.41) is 17.2. The van der Waals surface area contributed by atoms with Gasteiger partial charge in [0, 0.05) is 6.42 Å². The second-order valence-corrected chi connectivity index (χ2v) is 2.84. The van der Waals surface area contributed by atoms with Crippen molar-refractivity contribution < 1.29 is 19.7 Å². The summed E-state index contributed by atoms with van der Waals surface area (Å²) in [6.45, 7) is 0.335. The Kier molecular flexibility index (Phi) is 4.22. The van der Waals surface area contributed by atoms with Crippen LogP contribution in [-0.2, 0) is 4.79 Å². The number of para-hydroxylation sites is 1. The van der Waals surface area contributed by atoms with Crippen molar-refractivity contribution in [2.45, 2.75) is 6.42 Å². The summed E-state index contributed by atoms with van der Waals surface area (Å²) in [7, 11) is 0. The number of ether oxygens (including phenoxy) is 1. The van der Waals surface area contributed by atoms with E-state index in [1.165, 1.54) is 6.08 Å². The molecular weight excluding hydrogens is 196 g/mol. The second kappa shape index (κ2) is 5.70. The minimum absolute atomic E-state index is 0.335. The lowest BCUT2D eigenvalue weighted by molar-refractivity contribution is -0.135. The molecule has 0 radical (unpaired) electrons. The number of aliphatic hydroxyl groups excluding tert-OH is 1. The van der Waals surface area contributed by atoms with Gasteiger partial charge in [0.1, 0.15) is 5.75 Å². The Labute approximate surface area is 87.4 Å². The Morgan fingerprint density at radius 3 is 2.53 bits per heavy atom. The highest BCUT2D eigenvalue weighted by molar-refractivity contribution is 5.83. The topological polar surface area (TPSA) is 66.8 Å². The van der Waals surface area contributed by atoms with Crippen molar-refractivity contribution in [3.63, 3.8) is 0 Å². The molecule has 0 amide bonds. The third-order valence-corrected chi connectivity index (χ3v) is 1.69. The van der Waals surface area contributed by atoms with Crippen molar-refractivity contribution in [3.05, 3.63) is 42.2 Å². The van der Waals surface area contributed by atoms with E-state index in [4.69, 9.17) is 14.9 Å². The Morgan fingerprint density at radius 1 is 1.27 bits per heavy atom. The number of aliphatic hydroxyl groups is 1. The standard InChI is InChI=1S/C11H12O4/c12-10(11(13)14)7-4-8-15-9-5-2-1-3-6-9/h1-3,5-7,12H,4,8H2,(H,13,14). The summed E-state index contributed by atoms with van der Waals surface area (Å²) in [5.74, 6) is -1.25. The number of rotatable bonds is 5. The van der Waals surface area contributed by atoms with Gasteiger partial charge in [-0.2, -0.15) is 0 Å². The Morgan fingerprint density at radius 2 is 1.93 bits per heavy atom. The normalized spacial score (nSPS) is 11.1. The first-order valence-corrected chi connectivity index (χ1v) is 4.50. The maximum absolute atomic E-state index is 10.2. The molecular formula is C11H12O4. The molecule has 0 unspecified atom stereocenters. The van der Waals surface area contributed by atoms with Crippen molar-refractivity contribution >= 4 is 5.97 Å². The highest BCUT2D eigenvalue weighted by atomic mass is 16.5. The van der Waals surface area contributed by atoms with Crippen LogP contribution in [0.4, 0.5) is 0 Å². The largest absolute Gasteiger partial charge is 0.502 e. The minimum Gasteiger partial charge on any atom is -0.502 e. The van der Waals surface area contributed by atoms with Gasteiger partial charge in [-0.3, -0.25) is 0 Å². The average molecular weight is 208 g/mol. The lowest BCUT2D eigenvalue weighted by Crippen LogP contribution is -2.01. The molecule has 1 aromatic rings. The van der Waals surface area contributed by atoms with E-state index in [1.54, 1.807) is 12.1 Å². The molecule has 15 heavy (non-hydrogen) atoms. The van der Waals surface area contributed by atoms with E-state index in [1.807, 2.05) is 18.2 Å². The number of carboxylic acids is 1. The molecule has 0 bridgehead atoms. The van der Waals surface area contributed by atoms with Crippen LogP contribution in [-0.4, -0.2) is 22.8 Å². The molecule has 0 aliphatic heterocycles. The third kappa shape index (κ3) is 4.17. The highest BCUT2D eigenvalue weighted by Crippen LogP contribution is 2.08. The van der Waals surface area contributed by atoms with E-state index in [0.717, 1.165) is 5.75 Å². The lowest BCUT2D eigenvalue weighted by atomic mass is 10.3. The Bertz CT molecular complexity index is 343. The van der Waals surface area contributed by atoms with Crippen molar-refractivity contribution in [2.24, 2.45) is 0 Å². The molecule has 80 valence electrons. The third-order valence-electron chi connectivity index (χ3n) is 1.69. The number of hydrogen-bond donors (Lipinski definition) is 2. The highest BCUT2D eigenvalue weighted by Gasteiger charge is 2.01. The second-order valence-electron chi connectivity index (χ2n) is 2.84. The monoisotopic (exact) mass is 208 g/mol. The fourth-order valence-electron chi connectivity index (χ4n) is 0.976. The molecule has 4 nitrogen and oxygen atoms in total. The molecule has 0 aliphatic rings. The van der Waals surface area contributed by atoms with Crippen LogP contribution in [0.5, 0.6) is 5.75 Å². The van der Waals surface area contributed by atoms with Gasteiger partial charge < -0.3 is 14.9 Å². The molecule has 0 fully saturated rings. The molecule has 0 saturated carbocycles. The van der Waals surface area contributed by atoms with Gasteiger partial charge in [0.25, 0.3) is 0 Å². The van der Waals surface area contributed by atoms with Gasteiger partial charge in [-0.25, -0.2) is 4.79 Å². The first-order chi connectivity index (χ1) is 7.20. The minimum atomic E-state index is -1.32. The zero-order valence-corrected chi connectivity index (χ0v) is 8.09. The molecule has 1 rings (SSSR count). The molecule has 0 heterocycles. The fraction of sp³-hybridized carbons (Fsp3) is 0.182. The van der Waals surface area contributed by atoms with Gasteiger partial charge in [-0.15, -0.1) is 0 Å². The van der Waals surface area contributed by atoms with Gasteiger partial charge in [0.05, 0.1) is 6.61 Å². The first-order valence-electron chi connectivity index (χ1n) is 4.50. The van der Waals surface area contributed by atoms with Crippen LogP contribution in [0.15, 0.2) is 42.2 Å². The van der Waals surface area contributed by atoms with Crippen LogP contribution in [0.3, 0.4) is 0 Å². The van der Waals surface area contributed by atoms with Crippen LogP contribution >= 0.6 is 0 Å². The molecule has 2 N–H and O–H groups in total. The quantitative estimate of drug-likeness (QED) is 0.441. The molecule has 0 atom stereocenters. The zero-order valence-electron chi connectivity index (χ0n) is 8.09. The summed E-state index contributed by atoms with van der Waals surface area (Å²) < 4.78 is 5.29. The van der Waals surface area contributed by atoms with Crippen LogP contribution in [0.2, 0.25) is 0 Å². The van der Waals surface area contributed by atoms with E-state index < -0.39 is 11.7 Å². The number of aliphatic carboxylic acids is 1. The van der Waals surface area contributed by atoms with Gasteiger partial charge in [-0.05, 0) is 18.2 Å². The summed E-state index contributed by atoms with van der Waals surface area (Å²) in [6.07, 6.45) is 1.57. The number of benzene rings is 1. The summed E-state index contributed by atoms with van der Waals surface area (Å²) >= 11 is 0. The maximum atomic E-state index is 10.2. The van der Waals surface area contributed by atoms with Crippen molar-refractivity contribution in [1.29, 1.82) is 0 Å². The molecule has 4 heteroatoms. The van der Waals surface area contributed by atoms with Crippen molar-refractivity contribution in [3.8, 4) is 5.75 Å². The average Bonchev–Trinajstić information content (AvgIpc) is 2.25. The predicted molar refractivity (Wildman–Crippen MR) is 54.9 cm³/mol. The number of hydrogen-bond acceptors (Lipinski definition) is 3. The zero-order chi connectivity index (χ0) is 11.1. The van der Waals surface area contributed by atoms with Crippen LogP contribution in [0.25, 0.3) is 0 Å². The van der Waals surface area contributed by atoms with Gasteiger partial charge >= 0.3 is 5.97 Å². The Hall–Kier alpha value is -1.97. The van der Waals surface area contributed by atoms with Crippen LogP contribution in [0.1, 0.15) is 6.42 Å². The van der Waals surface area contributed by atoms with E-state index in [0.29, 0.717) is 13.0 Å². The lowest BCUT2D eigenvalue weighted by Gasteiger charge is -2.02.